The van der Waals surface area contributed by atoms with Crippen molar-refractivity contribution < 1.29 is 23.0 Å². The molecule has 2 aliphatic carbocycles. The minimum Gasteiger partial charge on any atom is -0.494 e. The molecule has 0 aromatic carbocycles. The second kappa shape index (κ2) is 9.92. The van der Waals surface area contributed by atoms with Crippen LogP contribution in [0.5, 0.6) is 11.6 Å². The number of nitrogens with one attached hydrogen (secondary N) is 1. The molecule has 3 aromatic rings. The van der Waals surface area contributed by atoms with Crippen LogP contribution in [0.4, 0.5) is 13.9 Å². The van der Waals surface area contributed by atoms with E-state index in [4.69, 9.17) is 9.47 Å². The normalized spacial score (nSPS) is 14.9. The number of carbonyl (C=O) groups excluding carboxylic acids is 1. The number of anilines is 1. The summed E-state index contributed by atoms with van der Waals surface area (Å²) in [7, 11) is 1.40. The number of halogens is 2. The number of pyridine rings is 2. The molecule has 35 heavy (non-hydrogen) atoms. The van der Waals surface area contributed by atoms with Gasteiger partial charge in [0.2, 0.25) is 11.0 Å². The summed E-state index contributed by atoms with van der Waals surface area (Å²) in [6.07, 6.45) is 4.15. The third-order valence-electron chi connectivity index (χ3n) is 5.52. The Hall–Kier alpha value is -3.65. The van der Waals surface area contributed by atoms with Crippen molar-refractivity contribution in [1.29, 1.82) is 0 Å². The van der Waals surface area contributed by atoms with E-state index in [9.17, 15) is 13.6 Å². The van der Waals surface area contributed by atoms with Gasteiger partial charge in [0.25, 0.3) is 12.3 Å². The first-order valence-corrected chi connectivity index (χ1v) is 11.9. The van der Waals surface area contributed by atoms with Crippen molar-refractivity contribution in [3.8, 4) is 34.6 Å². The van der Waals surface area contributed by atoms with Crippen molar-refractivity contribution in [2.24, 2.45) is 11.8 Å². The van der Waals surface area contributed by atoms with Gasteiger partial charge in [0.05, 0.1) is 25.5 Å². The molecule has 0 unspecified atom stereocenters. The van der Waals surface area contributed by atoms with Crippen molar-refractivity contribution in [1.82, 2.24) is 20.2 Å². The van der Waals surface area contributed by atoms with E-state index in [-0.39, 0.29) is 27.9 Å². The van der Waals surface area contributed by atoms with Crippen LogP contribution in [0.3, 0.4) is 0 Å². The second-order valence-electron chi connectivity index (χ2n) is 8.34. The fourth-order valence-electron chi connectivity index (χ4n) is 3.24. The number of hydrogen-bond donors (Lipinski definition) is 1. The van der Waals surface area contributed by atoms with Gasteiger partial charge in [-0.15, -0.1) is 10.2 Å². The molecule has 2 aliphatic rings. The molecule has 1 N–H and O–H groups in total. The smallest absolute Gasteiger partial charge is 0.280 e. The Bertz CT molecular complexity index is 1310. The van der Waals surface area contributed by atoms with Gasteiger partial charge in [-0.3, -0.25) is 15.1 Å². The lowest BCUT2D eigenvalue weighted by molar-refractivity contribution is 0.102. The number of nitrogens with zero attached hydrogens (tertiary/aromatic N) is 4. The average molecular weight is 498 g/mol. The summed E-state index contributed by atoms with van der Waals surface area (Å²) in [6, 6.07) is 2.76. The van der Waals surface area contributed by atoms with E-state index >= 15 is 0 Å². The first-order chi connectivity index (χ1) is 17.0. The molecular weight excluding hydrogens is 476 g/mol. The summed E-state index contributed by atoms with van der Waals surface area (Å²) < 4.78 is 38.0. The van der Waals surface area contributed by atoms with Crippen molar-refractivity contribution in [2.75, 3.05) is 19.0 Å². The monoisotopic (exact) mass is 497 g/mol. The lowest BCUT2D eigenvalue weighted by Gasteiger charge is -2.15. The predicted octanol–water partition coefficient (Wildman–Crippen LogP) is 4.74. The Labute approximate surface area is 204 Å². The van der Waals surface area contributed by atoms with E-state index < -0.39 is 18.0 Å². The quantitative estimate of drug-likeness (QED) is 0.449. The highest BCUT2D eigenvalue weighted by Gasteiger charge is 2.24. The van der Waals surface area contributed by atoms with Crippen LogP contribution in [0.2, 0.25) is 0 Å². The van der Waals surface area contributed by atoms with Crippen molar-refractivity contribution in [3.63, 3.8) is 0 Å². The molecule has 0 radical (unpaired) electrons. The third kappa shape index (κ3) is 5.71. The standard InChI is InChI=1S/C24H21F2N5O3S/c1-33-19-11-27-18(22(25)26)8-16(19)15-9-20(34-12-14-4-5-14)28-10-17(15)23(32)29-24-31-30-21(35-24)7-6-13-2-3-13/h8-11,13-14,22H,2-5,12H2,1H3,(H,29,31,32). The summed E-state index contributed by atoms with van der Waals surface area (Å²) in [6.45, 7) is 0.503. The van der Waals surface area contributed by atoms with Crippen LogP contribution < -0.4 is 14.8 Å². The summed E-state index contributed by atoms with van der Waals surface area (Å²) in [4.78, 5) is 21.2. The molecule has 0 bridgehead atoms. The number of aromatic nitrogens is 4. The maximum absolute atomic E-state index is 13.4. The van der Waals surface area contributed by atoms with Crippen LogP contribution >= 0.6 is 11.3 Å². The Morgan fingerprint density at radius 1 is 1.17 bits per heavy atom. The topological polar surface area (TPSA) is 99.1 Å². The Kier molecular flexibility index (Phi) is 6.55. The summed E-state index contributed by atoms with van der Waals surface area (Å²) in [5.41, 5.74) is 0.291. The van der Waals surface area contributed by atoms with Gasteiger partial charge in [0.1, 0.15) is 11.4 Å². The highest BCUT2D eigenvalue weighted by molar-refractivity contribution is 7.15. The molecule has 3 aromatic heterocycles. The molecule has 0 saturated heterocycles. The van der Waals surface area contributed by atoms with Gasteiger partial charge >= 0.3 is 0 Å². The Balaban J connectivity index is 1.47. The minimum atomic E-state index is -2.79. The number of methoxy groups -OCH3 is 1. The van der Waals surface area contributed by atoms with E-state index in [1.54, 1.807) is 6.07 Å². The SMILES string of the molecule is COc1cnc(C(F)F)cc1-c1cc(OCC2CC2)ncc1C(=O)Nc1nnc(C#CC2CC2)s1. The Morgan fingerprint density at radius 2 is 2.00 bits per heavy atom. The average Bonchev–Trinajstić information content (AvgIpc) is 3.80. The molecule has 5 rings (SSSR count). The fraction of sp³-hybridized carbons (Fsp3) is 0.375. The van der Waals surface area contributed by atoms with Crippen LogP contribution in [0, 0.1) is 23.7 Å². The zero-order chi connectivity index (χ0) is 24.4. The van der Waals surface area contributed by atoms with Crippen LogP contribution in [0.1, 0.15) is 53.2 Å². The maximum atomic E-state index is 13.4. The summed E-state index contributed by atoms with van der Waals surface area (Å²) in [5.74, 6) is 6.95. The molecule has 3 heterocycles. The summed E-state index contributed by atoms with van der Waals surface area (Å²) in [5, 5.41) is 11.5. The van der Waals surface area contributed by atoms with E-state index in [2.05, 4.69) is 37.3 Å². The molecule has 1 amide bonds. The number of hydrogen-bond acceptors (Lipinski definition) is 8. The Morgan fingerprint density at radius 3 is 2.71 bits per heavy atom. The van der Waals surface area contributed by atoms with Gasteiger partial charge in [-0.2, -0.15) is 0 Å². The van der Waals surface area contributed by atoms with Crippen LogP contribution in [0.25, 0.3) is 11.1 Å². The molecule has 11 heteroatoms. The highest BCUT2D eigenvalue weighted by atomic mass is 32.1. The number of alkyl halides is 2. The van der Waals surface area contributed by atoms with Crippen LogP contribution in [0.15, 0.2) is 24.5 Å². The minimum absolute atomic E-state index is 0.134. The largest absolute Gasteiger partial charge is 0.494 e. The van der Waals surface area contributed by atoms with Gasteiger partial charge in [-0.25, -0.2) is 13.8 Å². The number of amides is 1. The molecule has 2 fully saturated rings. The summed E-state index contributed by atoms with van der Waals surface area (Å²) >= 11 is 1.16. The highest BCUT2D eigenvalue weighted by Crippen LogP contribution is 2.37. The van der Waals surface area contributed by atoms with E-state index in [0.717, 1.165) is 37.0 Å². The fourth-order valence-corrected chi connectivity index (χ4v) is 3.84. The van der Waals surface area contributed by atoms with E-state index in [1.807, 2.05) is 0 Å². The number of carbonyl (C=O) groups is 1. The van der Waals surface area contributed by atoms with Crippen molar-refractivity contribution in [3.05, 3.63) is 40.8 Å². The molecule has 180 valence electrons. The lowest BCUT2D eigenvalue weighted by atomic mass is 10.00. The molecule has 0 spiro atoms. The van der Waals surface area contributed by atoms with Crippen LogP contribution in [-0.4, -0.2) is 39.8 Å². The molecule has 8 nitrogen and oxygen atoms in total. The first kappa shape index (κ1) is 23.1. The van der Waals surface area contributed by atoms with E-state index in [1.165, 1.54) is 25.6 Å². The first-order valence-electron chi connectivity index (χ1n) is 11.1. The molecule has 0 aliphatic heterocycles. The zero-order valence-electron chi connectivity index (χ0n) is 18.8. The van der Waals surface area contributed by atoms with E-state index in [0.29, 0.717) is 29.0 Å². The molecule has 2 saturated carbocycles. The van der Waals surface area contributed by atoms with Crippen molar-refractivity contribution >= 4 is 22.4 Å². The lowest BCUT2D eigenvalue weighted by Crippen LogP contribution is -2.14. The van der Waals surface area contributed by atoms with Crippen molar-refractivity contribution in [2.45, 2.75) is 32.1 Å². The van der Waals surface area contributed by atoms with Gasteiger partial charge in [-0.1, -0.05) is 17.3 Å². The number of ether oxygens (including phenoxy) is 2. The maximum Gasteiger partial charge on any atom is 0.280 e. The predicted molar refractivity (Wildman–Crippen MR) is 125 cm³/mol. The second-order valence-corrected chi connectivity index (χ2v) is 9.32. The van der Waals surface area contributed by atoms with Gasteiger partial charge in [0, 0.05) is 29.3 Å². The van der Waals surface area contributed by atoms with Crippen LogP contribution in [-0.2, 0) is 0 Å². The van der Waals surface area contributed by atoms with Gasteiger partial charge in [-0.05, 0) is 43.6 Å². The zero-order valence-corrected chi connectivity index (χ0v) is 19.6. The third-order valence-corrected chi connectivity index (χ3v) is 6.27. The van der Waals surface area contributed by atoms with Gasteiger partial charge in [0.15, 0.2) is 5.01 Å². The number of rotatable bonds is 8. The molecular formula is C24H21F2N5O3S. The van der Waals surface area contributed by atoms with Gasteiger partial charge < -0.3 is 9.47 Å². The molecule has 0 atom stereocenters.